The predicted molar refractivity (Wildman–Crippen MR) is 121 cm³/mol. The van der Waals surface area contributed by atoms with Crippen molar-refractivity contribution in [2.45, 2.75) is 65.6 Å². The summed E-state index contributed by atoms with van der Waals surface area (Å²) in [5.74, 6) is 1.57. The number of hydrogen-bond donors (Lipinski definition) is 0. The van der Waals surface area contributed by atoms with Gasteiger partial charge in [0.25, 0.3) is 0 Å². The maximum atomic E-state index is 6.66. The van der Waals surface area contributed by atoms with Gasteiger partial charge in [-0.1, -0.05) is 74.2 Å². The van der Waals surface area contributed by atoms with Crippen LogP contribution < -0.4 is 9.47 Å². The Bertz CT molecular complexity index is 888. The summed E-state index contributed by atoms with van der Waals surface area (Å²) in [7, 11) is 0. The summed E-state index contributed by atoms with van der Waals surface area (Å²) >= 11 is 13.3. The Morgan fingerprint density at radius 2 is 1.11 bits per heavy atom. The monoisotopic (exact) mass is 418 g/mol. The van der Waals surface area contributed by atoms with Crippen LogP contribution in [0.5, 0.6) is 11.5 Å². The lowest BCUT2D eigenvalue weighted by molar-refractivity contribution is 0.211. The van der Waals surface area contributed by atoms with E-state index in [4.69, 9.17) is 32.7 Å². The van der Waals surface area contributed by atoms with Gasteiger partial charge in [0.05, 0.1) is 22.3 Å². The van der Waals surface area contributed by atoms with Crippen LogP contribution in [0.2, 0.25) is 10.0 Å². The Kier molecular flexibility index (Phi) is 6.95. The zero-order chi connectivity index (χ0) is 20.3. The van der Waals surface area contributed by atoms with Gasteiger partial charge in [0.2, 0.25) is 0 Å². The number of ether oxygens (including phenoxy) is 2. The second kappa shape index (κ2) is 9.24. The first kappa shape index (κ1) is 21.1. The molecule has 2 unspecified atom stereocenters. The summed E-state index contributed by atoms with van der Waals surface area (Å²) in [4.78, 5) is 0. The summed E-state index contributed by atoms with van der Waals surface area (Å²) in [6, 6.07) is 11.8. The first-order valence-corrected chi connectivity index (χ1v) is 10.9. The minimum Gasteiger partial charge on any atom is -0.489 e. The molecule has 28 heavy (non-hydrogen) atoms. The molecule has 0 fully saturated rings. The molecule has 0 aliphatic carbocycles. The second-order valence-electron chi connectivity index (χ2n) is 7.42. The molecule has 0 saturated carbocycles. The normalized spacial score (nSPS) is 13.6. The van der Waals surface area contributed by atoms with Gasteiger partial charge in [-0.3, -0.25) is 0 Å². The Morgan fingerprint density at radius 1 is 0.714 bits per heavy atom. The van der Waals surface area contributed by atoms with Crippen molar-refractivity contribution in [2.75, 3.05) is 0 Å². The zero-order valence-corrected chi connectivity index (χ0v) is 18.5. The highest BCUT2D eigenvalue weighted by molar-refractivity contribution is 6.40. The van der Waals surface area contributed by atoms with E-state index in [1.807, 2.05) is 36.4 Å². The van der Waals surface area contributed by atoms with Crippen molar-refractivity contribution in [2.24, 2.45) is 0 Å². The number of hydrogen-bond acceptors (Lipinski definition) is 2. The Morgan fingerprint density at radius 3 is 1.46 bits per heavy atom. The fourth-order valence-electron chi connectivity index (χ4n) is 3.74. The molecule has 2 atom stereocenters. The van der Waals surface area contributed by atoms with Gasteiger partial charge in [-0.15, -0.1) is 0 Å². The molecule has 3 aromatic rings. The van der Waals surface area contributed by atoms with Crippen LogP contribution in [-0.4, -0.2) is 12.2 Å². The highest BCUT2D eigenvalue weighted by atomic mass is 35.5. The van der Waals surface area contributed by atoms with E-state index in [0.717, 1.165) is 58.7 Å². The quantitative estimate of drug-likeness (QED) is 0.341. The third kappa shape index (κ3) is 4.18. The predicted octanol–water partition coefficient (Wildman–Crippen LogP) is 8.43. The standard InChI is InChI=1S/C24H28Cl2O2/c1-5-9-15(3)27-23-17-11-7-14-20(26)22(17)24(28-16(4)10-6-2)18-12-8-13-19(25)21(18)23/h7-8,11-16H,5-6,9-10H2,1-4H3. The maximum Gasteiger partial charge on any atom is 0.137 e. The summed E-state index contributed by atoms with van der Waals surface area (Å²) < 4.78 is 12.9. The zero-order valence-electron chi connectivity index (χ0n) is 17.0. The van der Waals surface area contributed by atoms with Crippen molar-refractivity contribution in [3.63, 3.8) is 0 Å². The van der Waals surface area contributed by atoms with Crippen molar-refractivity contribution >= 4 is 44.7 Å². The average molecular weight is 419 g/mol. The van der Waals surface area contributed by atoms with Crippen LogP contribution in [-0.2, 0) is 0 Å². The molecule has 0 bridgehead atoms. The second-order valence-corrected chi connectivity index (χ2v) is 8.23. The number of halogens is 2. The largest absolute Gasteiger partial charge is 0.489 e. The van der Waals surface area contributed by atoms with Crippen molar-refractivity contribution in [3.05, 3.63) is 46.4 Å². The average Bonchev–Trinajstić information content (AvgIpc) is 2.65. The van der Waals surface area contributed by atoms with Crippen LogP contribution >= 0.6 is 23.2 Å². The van der Waals surface area contributed by atoms with E-state index in [1.165, 1.54) is 0 Å². The van der Waals surface area contributed by atoms with Gasteiger partial charge >= 0.3 is 0 Å². The fraction of sp³-hybridized carbons (Fsp3) is 0.417. The molecule has 2 nitrogen and oxygen atoms in total. The van der Waals surface area contributed by atoms with Gasteiger partial charge in [-0.2, -0.15) is 0 Å². The highest BCUT2D eigenvalue weighted by Gasteiger charge is 2.22. The van der Waals surface area contributed by atoms with E-state index in [0.29, 0.717) is 10.0 Å². The molecule has 0 spiro atoms. The topological polar surface area (TPSA) is 18.5 Å². The van der Waals surface area contributed by atoms with E-state index in [2.05, 4.69) is 27.7 Å². The summed E-state index contributed by atoms with van der Waals surface area (Å²) in [5, 5.41) is 4.97. The molecule has 0 radical (unpaired) electrons. The summed E-state index contributed by atoms with van der Waals surface area (Å²) in [6.45, 7) is 8.50. The van der Waals surface area contributed by atoms with Crippen LogP contribution in [0.15, 0.2) is 36.4 Å². The van der Waals surface area contributed by atoms with Crippen LogP contribution in [0.4, 0.5) is 0 Å². The molecule has 0 saturated heterocycles. The Labute approximate surface area is 177 Å². The minimum atomic E-state index is 0.0810. The van der Waals surface area contributed by atoms with E-state index in [1.54, 1.807) is 0 Å². The first-order valence-electron chi connectivity index (χ1n) is 10.1. The molecule has 0 N–H and O–H groups in total. The molecular formula is C24H28Cl2O2. The summed E-state index contributed by atoms with van der Waals surface area (Å²) in [6.07, 6.45) is 4.22. The SMILES string of the molecule is CCCC(C)Oc1c2cccc(Cl)c2c(OC(C)CCC)c2cccc(Cl)c12. The molecule has 0 aliphatic rings. The Hall–Kier alpha value is -1.64. The van der Waals surface area contributed by atoms with Crippen molar-refractivity contribution in [3.8, 4) is 11.5 Å². The molecule has 0 aromatic heterocycles. The van der Waals surface area contributed by atoms with Gasteiger partial charge in [0.1, 0.15) is 11.5 Å². The molecule has 3 aromatic carbocycles. The van der Waals surface area contributed by atoms with Gasteiger partial charge < -0.3 is 9.47 Å². The minimum absolute atomic E-state index is 0.0810. The van der Waals surface area contributed by atoms with E-state index < -0.39 is 0 Å². The van der Waals surface area contributed by atoms with E-state index in [-0.39, 0.29) is 12.2 Å². The smallest absolute Gasteiger partial charge is 0.137 e. The fourth-order valence-corrected chi connectivity index (χ4v) is 4.26. The van der Waals surface area contributed by atoms with Gasteiger partial charge in [0.15, 0.2) is 0 Å². The van der Waals surface area contributed by atoms with Crippen LogP contribution in [0.1, 0.15) is 53.4 Å². The molecule has 4 heteroatoms. The van der Waals surface area contributed by atoms with Gasteiger partial charge in [-0.05, 0) is 38.8 Å². The molecule has 150 valence electrons. The molecule has 3 rings (SSSR count). The summed E-state index contributed by atoms with van der Waals surface area (Å²) in [5.41, 5.74) is 0. The molecular weight excluding hydrogens is 391 g/mol. The van der Waals surface area contributed by atoms with Crippen molar-refractivity contribution < 1.29 is 9.47 Å². The van der Waals surface area contributed by atoms with Gasteiger partial charge in [0, 0.05) is 21.5 Å². The highest BCUT2D eigenvalue weighted by Crippen LogP contribution is 2.48. The number of benzene rings is 3. The van der Waals surface area contributed by atoms with Crippen LogP contribution in [0.3, 0.4) is 0 Å². The van der Waals surface area contributed by atoms with Crippen molar-refractivity contribution in [1.82, 2.24) is 0 Å². The molecule has 0 amide bonds. The third-order valence-corrected chi connectivity index (χ3v) is 5.63. The lowest BCUT2D eigenvalue weighted by Gasteiger charge is -2.23. The van der Waals surface area contributed by atoms with Gasteiger partial charge in [-0.25, -0.2) is 0 Å². The third-order valence-electron chi connectivity index (χ3n) is 5.00. The number of fused-ring (bicyclic) bond motifs is 2. The first-order chi connectivity index (χ1) is 13.5. The van der Waals surface area contributed by atoms with E-state index >= 15 is 0 Å². The lowest BCUT2D eigenvalue weighted by atomic mass is 10.00. The van der Waals surface area contributed by atoms with E-state index in [9.17, 15) is 0 Å². The Balaban J connectivity index is 2.34. The maximum absolute atomic E-state index is 6.66. The molecule has 0 heterocycles. The van der Waals surface area contributed by atoms with Crippen molar-refractivity contribution in [1.29, 1.82) is 0 Å². The molecule has 0 aliphatic heterocycles. The van der Waals surface area contributed by atoms with Crippen LogP contribution in [0.25, 0.3) is 21.5 Å². The lowest BCUT2D eigenvalue weighted by Crippen LogP contribution is -2.14. The van der Waals surface area contributed by atoms with Crippen LogP contribution in [0, 0.1) is 0 Å². The number of rotatable bonds is 8.